The first-order chi connectivity index (χ1) is 18.6. The van der Waals surface area contributed by atoms with Gasteiger partial charge in [-0.1, -0.05) is 34.8 Å². The molecule has 1 saturated carbocycles. The maximum atomic E-state index is 14.3. The van der Waals surface area contributed by atoms with Gasteiger partial charge in [0, 0.05) is 27.3 Å². The van der Waals surface area contributed by atoms with Crippen molar-refractivity contribution in [3.8, 4) is 0 Å². The average Bonchev–Trinajstić information content (AvgIpc) is 3.43. The highest BCUT2D eigenvalue weighted by Gasteiger charge is 2.67. The van der Waals surface area contributed by atoms with Crippen LogP contribution in [0.25, 0.3) is 0 Å². The summed E-state index contributed by atoms with van der Waals surface area (Å²) < 4.78 is 50.4. The molecule has 3 aromatic rings. The van der Waals surface area contributed by atoms with E-state index in [1.165, 1.54) is 24.3 Å². The van der Waals surface area contributed by atoms with Gasteiger partial charge >= 0.3 is 12.1 Å². The maximum Gasteiger partial charge on any atom is 0.471 e. The molecule has 1 aliphatic rings. The highest BCUT2D eigenvalue weighted by atomic mass is 35.5. The lowest BCUT2D eigenvalue weighted by atomic mass is 10.1. The molecule has 1 aliphatic carbocycles. The minimum Gasteiger partial charge on any atom is -0.326 e. The lowest BCUT2D eigenvalue weighted by molar-refractivity contribution is -0.167. The Morgan fingerprint density at radius 2 is 1.40 bits per heavy atom. The predicted octanol–water partition coefficient (Wildman–Crippen LogP) is 8.07. The van der Waals surface area contributed by atoms with Gasteiger partial charge in [-0.05, 0) is 60.2 Å². The van der Waals surface area contributed by atoms with Crippen LogP contribution in [0.5, 0.6) is 0 Å². The van der Waals surface area contributed by atoms with Crippen LogP contribution in [0.3, 0.4) is 0 Å². The normalized spacial score (nSPS) is 17.6. The van der Waals surface area contributed by atoms with Gasteiger partial charge in [-0.3, -0.25) is 14.4 Å². The summed E-state index contributed by atoms with van der Waals surface area (Å²) >= 11 is 30.9. The number of amides is 3. The number of halogens is 9. The number of benzene rings is 3. The van der Waals surface area contributed by atoms with Crippen molar-refractivity contribution in [1.82, 2.24) is 0 Å². The Balaban J connectivity index is 1.50. The molecular formula is C25H14Cl5F4N3O3. The van der Waals surface area contributed by atoms with Crippen LogP contribution in [0.4, 0.5) is 34.6 Å². The van der Waals surface area contributed by atoms with Crippen LogP contribution in [-0.2, 0) is 9.59 Å². The topological polar surface area (TPSA) is 87.3 Å². The van der Waals surface area contributed by atoms with Gasteiger partial charge < -0.3 is 16.0 Å². The molecule has 0 spiro atoms. The third kappa shape index (κ3) is 6.58. The lowest BCUT2D eigenvalue weighted by Gasteiger charge is -2.13. The Morgan fingerprint density at radius 1 is 0.800 bits per heavy atom. The molecule has 2 atom stereocenters. The molecule has 210 valence electrons. The van der Waals surface area contributed by atoms with E-state index in [2.05, 4.69) is 10.6 Å². The van der Waals surface area contributed by atoms with Gasteiger partial charge in [0.15, 0.2) is 0 Å². The third-order valence-corrected chi connectivity index (χ3v) is 7.49. The summed E-state index contributed by atoms with van der Waals surface area (Å²) in [5.74, 6) is -6.35. The predicted molar refractivity (Wildman–Crippen MR) is 146 cm³/mol. The molecule has 0 aromatic heterocycles. The summed E-state index contributed by atoms with van der Waals surface area (Å²) in [4.78, 5) is 37.0. The maximum absolute atomic E-state index is 14.3. The Morgan fingerprint density at radius 3 is 2.02 bits per heavy atom. The van der Waals surface area contributed by atoms with E-state index in [1.54, 1.807) is 17.4 Å². The summed E-state index contributed by atoms with van der Waals surface area (Å²) in [6.45, 7) is 0. The lowest BCUT2D eigenvalue weighted by Crippen LogP contribution is -2.30. The summed E-state index contributed by atoms with van der Waals surface area (Å²) in [5.41, 5.74) is -0.498. The minimum absolute atomic E-state index is 0.0839. The Kier molecular flexibility index (Phi) is 8.50. The largest absolute Gasteiger partial charge is 0.471 e. The summed E-state index contributed by atoms with van der Waals surface area (Å²) in [6.07, 6.45) is -5.18. The molecule has 3 amide bonds. The van der Waals surface area contributed by atoms with E-state index in [4.69, 9.17) is 58.0 Å². The van der Waals surface area contributed by atoms with E-state index < -0.39 is 57.3 Å². The number of carbonyl (C=O) groups is 3. The van der Waals surface area contributed by atoms with Crippen LogP contribution in [0.1, 0.15) is 21.8 Å². The van der Waals surface area contributed by atoms with Crippen LogP contribution < -0.4 is 16.0 Å². The van der Waals surface area contributed by atoms with Crippen molar-refractivity contribution in [2.45, 2.75) is 16.4 Å². The molecule has 0 unspecified atom stereocenters. The molecule has 3 N–H and O–H groups in total. The first-order valence-electron chi connectivity index (χ1n) is 11.0. The molecule has 0 heterocycles. The van der Waals surface area contributed by atoms with Gasteiger partial charge in [0.05, 0.1) is 22.2 Å². The van der Waals surface area contributed by atoms with Gasteiger partial charge in [-0.25, -0.2) is 4.39 Å². The van der Waals surface area contributed by atoms with Crippen LogP contribution in [0.2, 0.25) is 15.1 Å². The molecule has 0 aliphatic heterocycles. The Labute approximate surface area is 248 Å². The molecule has 1 fully saturated rings. The van der Waals surface area contributed by atoms with E-state index in [0.717, 1.165) is 18.2 Å². The quantitative estimate of drug-likeness (QED) is 0.185. The second kappa shape index (κ2) is 11.3. The van der Waals surface area contributed by atoms with E-state index in [9.17, 15) is 31.9 Å². The van der Waals surface area contributed by atoms with Gasteiger partial charge in [-0.2, -0.15) is 13.2 Å². The fraction of sp³-hybridized carbons (Fsp3) is 0.160. The van der Waals surface area contributed by atoms with Crippen LogP contribution in [-0.4, -0.2) is 28.2 Å². The Bertz CT molecular complexity index is 1510. The minimum atomic E-state index is -5.18. The molecule has 15 heteroatoms. The van der Waals surface area contributed by atoms with Crippen molar-refractivity contribution < 1.29 is 31.9 Å². The summed E-state index contributed by atoms with van der Waals surface area (Å²) in [7, 11) is 0. The van der Waals surface area contributed by atoms with Crippen LogP contribution >= 0.6 is 58.0 Å². The highest BCUT2D eigenvalue weighted by molar-refractivity contribution is 6.53. The van der Waals surface area contributed by atoms with E-state index in [0.29, 0.717) is 15.6 Å². The number of hydrogen-bond donors (Lipinski definition) is 3. The Hall–Kier alpha value is -2.76. The van der Waals surface area contributed by atoms with Crippen LogP contribution in [0.15, 0.2) is 54.6 Å². The van der Waals surface area contributed by atoms with Crippen LogP contribution in [0, 0.1) is 11.7 Å². The fourth-order valence-electron chi connectivity index (χ4n) is 3.91. The molecule has 6 nitrogen and oxygen atoms in total. The van der Waals surface area contributed by atoms with Crippen molar-refractivity contribution in [2.24, 2.45) is 5.92 Å². The molecule has 40 heavy (non-hydrogen) atoms. The highest BCUT2D eigenvalue weighted by Crippen LogP contribution is 2.65. The molecular weight excluding hydrogens is 644 g/mol. The molecule has 3 aromatic carbocycles. The number of alkyl halides is 5. The second-order valence-electron chi connectivity index (χ2n) is 8.62. The van der Waals surface area contributed by atoms with Crippen molar-refractivity contribution in [2.75, 3.05) is 16.0 Å². The van der Waals surface area contributed by atoms with Crippen molar-refractivity contribution >= 4 is 92.8 Å². The zero-order valence-corrected chi connectivity index (χ0v) is 23.3. The number of anilines is 3. The zero-order chi connectivity index (χ0) is 29.6. The smallest absolute Gasteiger partial charge is 0.326 e. The van der Waals surface area contributed by atoms with Gasteiger partial charge in [0.2, 0.25) is 5.91 Å². The van der Waals surface area contributed by atoms with Gasteiger partial charge in [0.25, 0.3) is 5.91 Å². The van der Waals surface area contributed by atoms with E-state index >= 15 is 0 Å². The standard InChI is InChI=1S/C25H14Cl5F4N3O3/c26-11-5-10(6-12(27)7-11)19-20(24(19,29)30)22(39)35-13-1-3-16(28)15(8-13)21(38)37-18-9-14(2-4-17(18)31)36-23(40)25(32,33)34/h1-9,19-20H,(H,35,39)(H,36,40)(H,37,38)/t19-,20+/m0/s1. The SMILES string of the molecule is O=C(Nc1cc(NC(=O)C(F)(F)F)ccc1F)c1cc(NC(=O)[C@H]2[C@H](c3cc(Cl)cc(Cl)c3)C2(Cl)Cl)ccc1Cl. The third-order valence-electron chi connectivity index (χ3n) is 5.79. The first-order valence-corrected chi connectivity index (χ1v) is 12.9. The second-order valence-corrected chi connectivity index (χ2v) is 11.3. The number of carbonyl (C=O) groups excluding carboxylic acids is 3. The number of nitrogens with one attached hydrogen (secondary N) is 3. The van der Waals surface area contributed by atoms with E-state index in [1.807, 2.05) is 0 Å². The summed E-state index contributed by atoms with van der Waals surface area (Å²) in [6, 6.07) is 11.0. The first kappa shape index (κ1) is 30.2. The van der Waals surface area contributed by atoms with Crippen molar-refractivity contribution in [1.29, 1.82) is 0 Å². The molecule has 0 bridgehead atoms. The zero-order valence-electron chi connectivity index (χ0n) is 19.5. The summed E-state index contributed by atoms with van der Waals surface area (Å²) in [5, 5.41) is 6.90. The van der Waals surface area contributed by atoms with Gasteiger partial charge in [0.1, 0.15) is 10.2 Å². The average molecular weight is 658 g/mol. The molecule has 4 rings (SSSR count). The van der Waals surface area contributed by atoms with E-state index in [-0.39, 0.29) is 16.3 Å². The molecule has 0 saturated heterocycles. The monoisotopic (exact) mass is 655 g/mol. The fourth-order valence-corrected chi connectivity index (χ4v) is 5.48. The number of rotatable bonds is 6. The van der Waals surface area contributed by atoms with Crippen molar-refractivity contribution in [3.05, 3.63) is 86.6 Å². The van der Waals surface area contributed by atoms with Crippen molar-refractivity contribution in [3.63, 3.8) is 0 Å². The molecule has 0 radical (unpaired) electrons. The number of hydrogen-bond acceptors (Lipinski definition) is 3. The van der Waals surface area contributed by atoms with Gasteiger partial charge in [-0.15, -0.1) is 23.2 Å².